The maximum absolute atomic E-state index is 12.8. The Kier molecular flexibility index (Phi) is 6.22. The molecule has 0 saturated heterocycles. The van der Waals surface area contributed by atoms with Crippen molar-refractivity contribution in [2.24, 2.45) is 0 Å². The second-order valence-corrected chi connectivity index (χ2v) is 6.23. The number of halogens is 1. The van der Waals surface area contributed by atoms with Crippen molar-refractivity contribution in [3.8, 4) is 0 Å². The van der Waals surface area contributed by atoms with E-state index in [0.29, 0.717) is 5.69 Å². The highest BCUT2D eigenvalue weighted by molar-refractivity contribution is 5.80. The second-order valence-electron chi connectivity index (χ2n) is 6.23. The van der Waals surface area contributed by atoms with Crippen molar-refractivity contribution in [1.29, 1.82) is 0 Å². The molecule has 5 nitrogen and oxygen atoms in total. The molecule has 0 atom stereocenters. The van der Waals surface area contributed by atoms with Gasteiger partial charge in [0.25, 0.3) is 5.91 Å². The molecule has 26 heavy (non-hydrogen) atoms. The van der Waals surface area contributed by atoms with Crippen LogP contribution in [0.25, 0.3) is 0 Å². The van der Waals surface area contributed by atoms with E-state index in [0.717, 1.165) is 31.8 Å². The highest BCUT2D eigenvalue weighted by Gasteiger charge is 2.12. The van der Waals surface area contributed by atoms with Crippen LogP contribution in [-0.4, -0.2) is 30.4 Å². The fraction of sp³-hybridized carbons (Fsp3) is 0.250. The van der Waals surface area contributed by atoms with E-state index in [4.69, 9.17) is 0 Å². The summed E-state index contributed by atoms with van der Waals surface area (Å²) in [5.74, 6) is -0.478. The van der Waals surface area contributed by atoms with E-state index in [1.165, 1.54) is 17.7 Å². The van der Waals surface area contributed by atoms with Crippen LogP contribution in [0.4, 0.5) is 10.1 Å². The minimum Gasteiger partial charge on any atom is -0.376 e. The smallest absolute Gasteiger partial charge is 0.257 e. The molecule has 0 spiro atoms. The predicted octanol–water partition coefficient (Wildman–Crippen LogP) is 2.65. The molecular formula is C20H23FN4O. The fourth-order valence-corrected chi connectivity index (χ4v) is 2.75. The molecule has 3 N–H and O–H groups in total. The molecule has 0 aromatic heterocycles. The van der Waals surface area contributed by atoms with Gasteiger partial charge >= 0.3 is 0 Å². The van der Waals surface area contributed by atoms with Gasteiger partial charge in [-0.25, -0.2) is 4.39 Å². The Bertz CT molecular complexity index is 746. The molecular weight excluding hydrogens is 331 g/mol. The Balaban J connectivity index is 1.37. The van der Waals surface area contributed by atoms with Gasteiger partial charge in [0, 0.05) is 37.4 Å². The van der Waals surface area contributed by atoms with Crippen molar-refractivity contribution in [3.63, 3.8) is 0 Å². The van der Waals surface area contributed by atoms with Crippen LogP contribution in [-0.2, 0) is 11.3 Å². The number of rotatable bonds is 7. The molecule has 0 aliphatic carbocycles. The summed E-state index contributed by atoms with van der Waals surface area (Å²) in [5.41, 5.74) is 8.70. The minimum atomic E-state index is -0.299. The lowest BCUT2D eigenvalue weighted by Gasteiger charge is -2.26. The second kappa shape index (κ2) is 9.01. The highest BCUT2D eigenvalue weighted by atomic mass is 19.1. The van der Waals surface area contributed by atoms with Crippen LogP contribution in [0.2, 0.25) is 0 Å². The number of nitrogens with zero attached hydrogens (tertiary/aromatic N) is 1. The van der Waals surface area contributed by atoms with Gasteiger partial charge in [0.2, 0.25) is 0 Å². The van der Waals surface area contributed by atoms with Crippen molar-refractivity contribution < 1.29 is 9.18 Å². The van der Waals surface area contributed by atoms with Crippen LogP contribution < -0.4 is 16.2 Å². The number of nitrogens with one attached hydrogen (secondary N) is 3. The number of hydrazine groups is 1. The van der Waals surface area contributed by atoms with Crippen molar-refractivity contribution in [1.82, 2.24) is 15.8 Å². The van der Waals surface area contributed by atoms with Gasteiger partial charge in [0.05, 0.1) is 6.54 Å². The van der Waals surface area contributed by atoms with Gasteiger partial charge < -0.3 is 10.7 Å². The van der Waals surface area contributed by atoms with Crippen molar-refractivity contribution in [2.45, 2.75) is 13.0 Å². The maximum Gasteiger partial charge on any atom is 0.257 e. The van der Waals surface area contributed by atoms with E-state index in [-0.39, 0.29) is 18.3 Å². The summed E-state index contributed by atoms with van der Waals surface area (Å²) in [4.78, 5) is 14.2. The van der Waals surface area contributed by atoms with Crippen LogP contribution >= 0.6 is 0 Å². The Hall–Kier alpha value is -2.86. The fourth-order valence-electron chi connectivity index (χ4n) is 2.75. The highest BCUT2D eigenvalue weighted by Crippen LogP contribution is 2.11. The lowest BCUT2D eigenvalue weighted by Crippen LogP contribution is -2.42. The van der Waals surface area contributed by atoms with Gasteiger partial charge in [-0.2, -0.15) is 0 Å². The molecule has 3 rings (SSSR count). The van der Waals surface area contributed by atoms with Crippen molar-refractivity contribution >= 4 is 11.6 Å². The summed E-state index contributed by atoms with van der Waals surface area (Å²) in [7, 11) is 0. The third kappa shape index (κ3) is 5.60. The molecule has 0 radical (unpaired) electrons. The first kappa shape index (κ1) is 17.9. The summed E-state index contributed by atoms with van der Waals surface area (Å²) < 4.78 is 12.8. The van der Waals surface area contributed by atoms with Gasteiger partial charge in [0.15, 0.2) is 0 Å². The Morgan fingerprint density at radius 1 is 1.08 bits per heavy atom. The minimum absolute atomic E-state index is 0.117. The average molecular weight is 354 g/mol. The standard InChI is InChI=1S/C20H23FN4O/c21-17-6-8-18(9-7-17)22-14-20(26)24-23-19-10-12-25(13-11-19)15-16-4-2-1-3-5-16/h1-10,22-23H,11-15H2,(H,24,26). The van der Waals surface area contributed by atoms with Crippen molar-refractivity contribution in [2.75, 3.05) is 25.0 Å². The van der Waals surface area contributed by atoms with Gasteiger partial charge in [-0.3, -0.25) is 15.1 Å². The number of hydrogen-bond acceptors (Lipinski definition) is 4. The van der Waals surface area contributed by atoms with Crippen LogP contribution in [0, 0.1) is 5.82 Å². The van der Waals surface area contributed by atoms with Crippen LogP contribution in [0.15, 0.2) is 66.4 Å². The molecule has 1 aliphatic heterocycles. The normalized spacial score (nSPS) is 14.4. The summed E-state index contributed by atoms with van der Waals surface area (Å²) in [6.07, 6.45) is 2.96. The van der Waals surface area contributed by atoms with Gasteiger partial charge in [-0.15, -0.1) is 0 Å². The van der Waals surface area contributed by atoms with Gasteiger partial charge in [-0.1, -0.05) is 30.3 Å². The molecule has 1 amide bonds. The van der Waals surface area contributed by atoms with E-state index < -0.39 is 0 Å². The molecule has 2 aromatic rings. The number of carbonyl (C=O) groups excluding carboxylic acids is 1. The lowest BCUT2D eigenvalue weighted by molar-refractivity contribution is -0.120. The van der Waals surface area contributed by atoms with Gasteiger partial charge in [-0.05, 0) is 35.9 Å². The molecule has 1 aliphatic rings. The zero-order valence-electron chi connectivity index (χ0n) is 14.5. The third-order valence-electron chi connectivity index (χ3n) is 4.20. The van der Waals surface area contributed by atoms with E-state index in [2.05, 4.69) is 51.4 Å². The zero-order chi connectivity index (χ0) is 18.2. The van der Waals surface area contributed by atoms with Crippen LogP contribution in [0.1, 0.15) is 12.0 Å². The molecule has 2 aromatic carbocycles. The number of anilines is 1. The van der Waals surface area contributed by atoms with Gasteiger partial charge in [0.1, 0.15) is 5.82 Å². The first-order valence-corrected chi connectivity index (χ1v) is 8.68. The van der Waals surface area contributed by atoms with E-state index in [1.807, 2.05) is 6.07 Å². The maximum atomic E-state index is 12.8. The summed E-state index contributed by atoms with van der Waals surface area (Å²) in [6.45, 7) is 2.84. The molecule has 1 heterocycles. The molecule has 136 valence electrons. The zero-order valence-corrected chi connectivity index (χ0v) is 14.5. The Morgan fingerprint density at radius 3 is 2.54 bits per heavy atom. The first-order valence-electron chi connectivity index (χ1n) is 8.68. The third-order valence-corrected chi connectivity index (χ3v) is 4.20. The molecule has 6 heteroatoms. The topological polar surface area (TPSA) is 56.4 Å². The molecule has 0 unspecified atom stereocenters. The van der Waals surface area contributed by atoms with E-state index >= 15 is 0 Å². The van der Waals surface area contributed by atoms with E-state index in [9.17, 15) is 9.18 Å². The van der Waals surface area contributed by atoms with E-state index in [1.54, 1.807) is 12.1 Å². The molecule has 0 bridgehead atoms. The number of amides is 1. The Labute approximate surface area is 152 Å². The Morgan fingerprint density at radius 2 is 1.85 bits per heavy atom. The summed E-state index contributed by atoms with van der Waals surface area (Å²) in [6, 6.07) is 16.3. The quantitative estimate of drug-likeness (QED) is 0.669. The SMILES string of the molecule is O=C(CNc1ccc(F)cc1)NNC1=CCN(Cc2ccccc2)CC1. The predicted molar refractivity (Wildman–Crippen MR) is 101 cm³/mol. The van der Waals surface area contributed by atoms with Crippen LogP contribution in [0.5, 0.6) is 0 Å². The monoisotopic (exact) mass is 354 g/mol. The van der Waals surface area contributed by atoms with Crippen LogP contribution in [0.3, 0.4) is 0 Å². The first-order chi connectivity index (χ1) is 12.7. The largest absolute Gasteiger partial charge is 0.376 e. The molecule has 0 fully saturated rings. The summed E-state index contributed by atoms with van der Waals surface area (Å²) in [5, 5.41) is 2.95. The average Bonchev–Trinajstić information content (AvgIpc) is 2.68. The van der Waals surface area contributed by atoms with Crippen molar-refractivity contribution in [3.05, 3.63) is 77.8 Å². The lowest BCUT2D eigenvalue weighted by atomic mass is 10.1. The summed E-state index contributed by atoms with van der Waals surface area (Å²) >= 11 is 0. The number of hydrogen-bond donors (Lipinski definition) is 3. The molecule has 0 saturated carbocycles. The number of benzene rings is 2. The number of carbonyl (C=O) groups is 1.